The SMILES string of the molecule is CC.CC(CC(C)n1cnc2c(NCC(F)F)cc(Cl)nc21)C(N)=O. The number of nitrogens with zero attached hydrogens (tertiary/aromatic N) is 3. The molecule has 25 heavy (non-hydrogen) atoms. The van der Waals surface area contributed by atoms with Crippen LogP contribution in [-0.2, 0) is 4.79 Å². The van der Waals surface area contributed by atoms with Gasteiger partial charge in [-0.2, -0.15) is 0 Å². The predicted octanol–water partition coefficient (Wildman–Crippen LogP) is 3.86. The largest absolute Gasteiger partial charge is 0.377 e. The molecule has 0 radical (unpaired) electrons. The third kappa shape index (κ3) is 5.52. The highest BCUT2D eigenvalue weighted by Crippen LogP contribution is 2.28. The summed E-state index contributed by atoms with van der Waals surface area (Å²) in [6.07, 6.45) is -0.427. The molecule has 1 amide bonds. The molecule has 2 rings (SSSR count). The first kappa shape index (κ1) is 21.1. The lowest BCUT2D eigenvalue weighted by Crippen LogP contribution is -2.23. The second kappa shape index (κ2) is 9.50. The number of anilines is 1. The third-order valence-electron chi connectivity index (χ3n) is 3.60. The molecule has 9 heteroatoms. The standard InChI is InChI=1S/C14H18ClF2N5O.C2H6/c1-7(13(18)23)3-8(2)22-6-20-12-9(19-5-11(16)17)4-10(15)21-14(12)22;1-2/h4,6-8,11H,3,5H2,1-2H3,(H2,18,23)(H,19,21);1-2H3. The molecule has 2 atom stereocenters. The fourth-order valence-electron chi connectivity index (χ4n) is 2.36. The lowest BCUT2D eigenvalue weighted by Gasteiger charge is -2.17. The van der Waals surface area contributed by atoms with Gasteiger partial charge in [-0.3, -0.25) is 4.79 Å². The molecule has 2 unspecified atom stereocenters. The number of aromatic nitrogens is 3. The number of imidazole rings is 1. The van der Waals surface area contributed by atoms with Gasteiger partial charge in [0.1, 0.15) is 10.7 Å². The average molecular weight is 376 g/mol. The third-order valence-corrected chi connectivity index (χ3v) is 3.79. The van der Waals surface area contributed by atoms with Crippen molar-refractivity contribution in [2.24, 2.45) is 11.7 Å². The van der Waals surface area contributed by atoms with Gasteiger partial charge in [-0.05, 0) is 13.3 Å². The van der Waals surface area contributed by atoms with Gasteiger partial charge in [0.05, 0.1) is 18.6 Å². The molecule has 0 aromatic carbocycles. The van der Waals surface area contributed by atoms with Crippen LogP contribution in [0.4, 0.5) is 14.5 Å². The van der Waals surface area contributed by atoms with Crippen LogP contribution in [0.2, 0.25) is 5.15 Å². The topological polar surface area (TPSA) is 85.8 Å². The Morgan fingerprint density at radius 2 is 2.04 bits per heavy atom. The van der Waals surface area contributed by atoms with Gasteiger partial charge >= 0.3 is 0 Å². The number of nitrogens with two attached hydrogens (primary N) is 1. The molecule has 0 bridgehead atoms. The predicted molar refractivity (Wildman–Crippen MR) is 96.1 cm³/mol. The molecule has 2 aromatic heterocycles. The van der Waals surface area contributed by atoms with Gasteiger partial charge in [0.15, 0.2) is 5.65 Å². The summed E-state index contributed by atoms with van der Waals surface area (Å²) < 4.78 is 26.5. The number of amides is 1. The van der Waals surface area contributed by atoms with Crippen molar-refractivity contribution in [3.8, 4) is 0 Å². The van der Waals surface area contributed by atoms with E-state index >= 15 is 0 Å². The second-order valence-electron chi connectivity index (χ2n) is 5.48. The maximum Gasteiger partial charge on any atom is 0.255 e. The Labute approximate surface area is 150 Å². The number of hydrogen-bond acceptors (Lipinski definition) is 4. The number of primary amides is 1. The van der Waals surface area contributed by atoms with E-state index < -0.39 is 13.0 Å². The van der Waals surface area contributed by atoms with E-state index in [1.807, 2.05) is 20.8 Å². The van der Waals surface area contributed by atoms with E-state index in [1.54, 1.807) is 17.8 Å². The molecule has 0 aliphatic carbocycles. The fraction of sp³-hybridized carbons (Fsp3) is 0.562. The van der Waals surface area contributed by atoms with Crippen molar-refractivity contribution in [3.63, 3.8) is 0 Å². The molecule has 0 fully saturated rings. The van der Waals surface area contributed by atoms with Crippen LogP contribution in [0.1, 0.15) is 40.2 Å². The van der Waals surface area contributed by atoms with Crippen molar-refractivity contribution in [2.45, 2.75) is 46.6 Å². The van der Waals surface area contributed by atoms with Crippen molar-refractivity contribution in [3.05, 3.63) is 17.5 Å². The van der Waals surface area contributed by atoms with Crippen molar-refractivity contribution >= 4 is 34.4 Å². The highest BCUT2D eigenvalue weighted by Gasteiger charge is 2.19. The van der Waals surface area contributed by atoms with Crippen LogP contribution >= 0.6 is 11.6 Å². The van der Waals surface area contributed by atoms with Gasteiger partial charge in [0, 0.05) is 18.0 Å². The van der Waals surface area contributed by atoms with Gasteiger partial charge in [0.25, 0.3) is 6.43 Å². The normalized spacial score (nSPS) is 13.3. The molecule has 140 valence electrons. The zero-order chi connectivity index (χ0) is 19.1. The molecule has 0 spiro atoms. The van der Waals surface area contributed by atoms with E-state index in [2.05, 4.69) is 15.3 Å². The minimum Gasteiger partial charge on any atom is -0.377 e. The Bertz CT molecular complexity index is 707. The highest BCUT2D eigenvalue weighted by molar-refractivity contribution is 6.30. The highest BCUT2D eigenvalue weighted by atomic mass is 35.5. The summed E-state index contributed by atoms with van der Waals surface area (Å²) >= 11 is 5.98. The zero-order valence-corrected chi connectivity index (χ0v) is 15.5. The number of rotatable bonds is 7. The first-order chi connectivity index (χ1) is 11.8. The van der Waals surface area contributed by atoms with E-state index in [9.17, 15) is 13.6 Å². The van der Waals surface area contributed by atoms with E-state index in [-0.39, 0.29) is 23.0 Å². The van der Waals surface area contributed by atoms with Gasteiger partial charge in [-0.25, -0.2) is 18.7 Å². The number of carbonyl (C=O) groups excluding carboxylic acids is 1. The van der Waals surface area contributed by atoms with Crippen LogP contribution in [-0.4, -0.2) is 33.4 Å². The van der Waals surface area contributed by atoms with Crippen LogP contribution in [0.25, 0.3) is 11.2 Å². The number of fused-ring (bicyclic) bond motifs is 1. The molecule has 0 saturated heterocycles. The van der Waals surface area contributed by atoms with Gasteiger partial charge in [-0.1, -0.05) is 32.4 Å². The first-order valence-electron chi connectivity index (χ1n) is 8.14. The van der Waals surface area contributed by atoms with Crippen molar-refractivity contribution in [2.75, 3.05) is 11.9 Å². The van der Waals surface area contributed by atoms with E-state index in [0.717, 1.165) is 0 Å². The minimum atomic E-state index is -2.49. The monoisotopic (exact) mass is 375 g/mol. The fourth-order valence-corrected chi connectivity index (χ4v) is 2.55. The summed E-state index contributed by atoms with van der Waals surface area (Å²) in [7, 11) is 0. The van der Waals surface area contributed by atoms with Crippen LogP contribution in [0.15, 0.2) is 12.4 Å². The van der Waals surface area contributed by atoms with Crippen molar-refractivity contribution in [1.29, 1.82) is 0 Å². The zero-order valence-electron chi connectivity index (χ0n) is 14.8. The van der Waals surface area contributed by atoms with E-state index in [4.69, 9.17) is 17.3 Å². The Hall–Kier alpha value is -1.96. The molecule has 0 saturated carbocycles. The molecule has 2 aromatic rings. The number of hydrogen-bond donors (Lipinski definition) is 2. The maximum absolute atomic E-state index is 12.4. The van der Waals surface area contributed by atoms with Gasteiger partial charge in [0.2, 0.25) is 5.91 Å². The summed E-state index contributed by atoms with van der Waals surface area (Å²) in [5.74, 6) is -0.690. The van der Waals surface area contributed by atoms with Crippen LogP contribution in [0, 0.1) is 5.92 Å². The number of nitrogens with one attached hydrogen (secondary N) is 1. The van der Waals surface area contributed by atoms with Crippen molar-refractivity contribution in [1.82, 2.24) is 14.5 Å². The Morgan fingerprint density at radius 3 is 2.60 bits per heavy atom. The summed E-state index contributed by atoms with van der Waals surface area (Å²) in [6, 6.07) is 1.36. The van der Waals surface area contributed by atoms with Crippen LogP contribution in [0.5, 0.6) is 0 Å². The molecule has 3 N–H and O–H groups in total. The summed E-state index contributed by atoms with van der Waals surface area (Å²) in [5.41, 5.74) is 6.61. The molecule has 0 aliphatic rings. The van der Waals surface area contributed by atoms with E-state index in [0.29, 0.717) is 23.3 Å². The van der Waals surface area contributed by atoms with Gasteiger partial charge < -0.3 is 15.6 Å². The van der Waals surface area contributed by atoms with E-state index in [1.165, 1.54) is 6.07 Å². The summed E-state index contributed by atoms with van der Waals surface area (Å²) in [5, 5.41) is 2.79. The van der Waals surface area contributed by atoms with Crippen molar-refractivity contribution < 1.29 is 13.6 Å². The average Bonchev–Trinajstić information content (AvgIpc) is 2.98. The Balaban J connectivity index is 0.00000151. The molecule has 0 aliphatic heterocycles. The smallest absolute Gasteiger partial charge is 0.255 e. The quantitative estimate of drug-likeness (QED) is 0.719. The molecule has 2 heterocycles. The minimum absolute atomic E-state index is 0.101. The Kier molecular flexibility index (Phi) is 8.02. The number of alkyl halides is 2. The summed E-state index contributed by atoms with van der Waals surface area (Å²) in [6.45, 7) is 7.14. The van der Waals surface area contributed by atoms with Crippen LogP contribution in [0.3, 0.4) is 0 Å². The molecular weight excluding hydrogens is 352 g/mol. The number of pyridine rings is 1. The lowest BCUT2D eigenvalue weighted by molar-refractivity contribution is -0.121. The first-order valence-corrected chi connectivity index (χ1v) is 8.51. The summed E-state index contributed by atoms with van der Waals surface area (Å²) in [4.78, 5) is 19.7. The number of halogens is 3. The molecular formula is C16H24ClF2N5O. The molecule has 6 nitrogen and oxygen atoms in total. The van der Waals surface area contributed by atoms with Gasteiger partial charge in [-0.15, -0.1) is 0 Å². The second-order valence-corrected chi connectivity index (χ2v) is 5.86. The Morgan fingerprint density at radius 1 is 1.40 bits per heavy atom. The number of carbonyl (C=O) groups is 1. The van der Waals surface area contributed by atoms with Crippen LogP contribution < -0.4 is 11.1 Å². The lowest BCUT2D eigenvalue weighted by atomic mass is 10.0. The maximum atomic E-state index is 12.4.